The molecule has 0 aliphatic carbocycles. The Balaban J connectivity index is 1.85. The highest BCUT2D eigenvalue weighted by molar-refractivity contribution is 7.91. The Labute approximate surface area is 148 Å². The van der Waals surface area contributed by atoms with E-state index in [4.69, 9.17) is 0 Å². The van der Waals surface area contributed by atoms with Crippen LogP contribution in [0.3, 0.4) is 0 Å². The molecule has 1 N–H and O–H groups in total. The van der Waals surface area contributed by atoms with Gasteiger partial charge in [-0.3, -0.25) is 0 Å². The summed E-state index contributed by atoms with van der Waals surface area (Å²) >= 11 is 0. The minimum Gasteiger partial charge on any atom is -0.351 e. The molecule has 1 aromatic heterocycles. The van der Waals surface area contributed by atoms with Crippen LogP contribution >= 0.6 is 0 Å². The van der Waals surface area contributed by atoms with E-state index in [-0.39, 0.29) is 29.2 Å². The van der Waals surface area contributed by atoms with Crippen molar-refractivity contribution in [3.63, 3.8) is 0 Å². The van der Waals surface area contributed by atoms with E-state index in [1.807, 2.05) is 6.92 Å². The highest BCUT2D eigenvalue weighted by Crippen LogP contribution is 2.25. The Morgan fingerprint density at radius 2 is 2.04 bits per heavy atom. The molecule has 140 valence electrons. The fourth-order valence-corrected chi connectivity index (χ4v) is 4.59. The van der Waals surface area contributed by atoms with Crippen molar-refractivity contribution in [3.8, 4) is 0 Å². The smallest absolute Gasteiger partial charge is 0.249 e. The summed E-state index contributed by atoms with van der Waals surface area (Å²) in [6, 6.07) is 1.56. The molecule has 1 fully saturated rings. The van der Waals surface area contributed by atoms with Gasteiger partial charge in [0.2, 0.25) is 5.95 Å². The summed E-state index contributed by atoms with van der Waals surface area (Å²) in [5, 5.41) is 9.93. The molecule has 1 aromatic carbocycles. The molecule has 0 saturated carbocycles. The van der Waals surface area contributed by atoms with Crippen LogP contribution in [0.5, 0.6) is 0 Å². The number of hydrogen-bond acceptors (Lipinski definition) is 7. The lowest BCUT2D eigenvalue weighted by Gasteiger charge is -2.27. The van der Waals surface area contributed by atoms with Gasteiger partial charge in [0, 0.05) is 12.6 Å². The van der Waals surface area contributed by atoms with Crippen molar-refractivity contribution in [1.82, 2.24) is 15.2 Å². The molecule has 0 radical (unpaired) electrons. The average molecular weight is 387 g/mol. The molecule has 0 amide bonds. The zero-order chi connectivity index (χ0) is 18.9. The quantitative estimate of drug-likeness (QED) is 0.786. The lowest BCUT2D eigenvalue weighted by molar-refractivity contribution is 0.449. The van der Waals surface area contributed by atoms with Gasteiger partial charge in [0.1, 0.15) is 0 Å². The first-order valence-electron chi connectivity index (χ1n) is 7.88. The van der Waals surface area contributed by atoms with Crippen LogP contribution in [0.15, 0.2) is 18.3 Å². The zero-order valence-corrected chi connectivity index (χ0v) is 14.6. The third-order valence-corrected chi connectivity index (χ3v) is 5.86. The van der Waals surface area contributed by atoms with E-state index in [0.29, 0.717) is 18.8 Å². The van der Waals surface area contributed by atoms with Crippen molar-refractivity contribution in [1.29, 1.82) is 0 Å². The Morgan fingerprint density at radius 1 is 1.27 bits per heavy atom. The van der Waals surface area contributed by atoms with Crippen LogP contribution in [0.2, 0.25) is 0 Å². The molecule has 1 unspecified atom stereocenters. The fraction of sp³-hybridized carbons (Fsp3) is 0.400. The molecular formula is C15H16F3N5O2S. The van der Waals surface area contributed by atoms with E-state index in [1.54, 1.807) is 4.90 Å². The zero-order valence-electron chi connectivity index (χ0n) is 13.8. The minimum atomic E-state index is -3.08. The number of aromatic nitrogens is 3. The third-order valence-electron chi connectivity index (χ3n) is 4.11. The average Bonchev–Trinajstić information content (AvgIpc) is 2.96. The summed E-state index contributed by atoms with van der Waals surface area (Å²) < 4.78 is 63.5. The lowest BCUT2D eigenvalue weighted by atomic mass is 10.2. The van der Waals surface area contributed by atoms with Gasteiger partial charge in [0.15, 0.2) is 33.1 Å². The number of benzene rings is 1. The molecule has 1 aliphatic rings. The van der Waals surface area contributed by atoms with Gasteiger partial charge in [0.05, 0.1) is 23.4 Å². The van der Waals surface area contributed by atoms with Crippen LogP contribution < -0.4 is 10.2 Å². The molecule has 2 aromatic rings. The van der Waals surface area contributed by atoms with E-state index in [9.17, 15) is 21.6 Å². The summed E-state index contributed by atoms with van der Waals surface area (Å²) in [5.74, 6) is -3.94. The topological polar surface area (TPSA) is 88.1 Å². The second kappa shape index (κ2) is 7.06. The molecule has 0 bridgehead atoms. The largest absolute Gasteiger partial charge is 0.351 e. The van der Waals surface area contributed by atoms with Crippen molar-refractivity contribution >= 4 is 27.3 Å². The van der Waals surface area contributed by atoms with Crippen LogP contribution in [0, 0.1) is 17.5 Å². The van der Waals surface area contributed by atoms with E-state index in [0.717, 1.165) is 12.1 Å². The van der Waals surface area contributed by atoms with Crippen molar-refractivity contribution < 1.29 is 21.6 Å². The summed E-state index contributed by atoms with van der Waals surface area (Å²) in [4.78, 5) is 5.96. The molecule has 1 aliphatic heterocycles. The van der Waals surface area contributed by atoms with E-state index >= 15 is 0 Å². The standard InChI is InChI=1S/C15H16F3N5O2S/c1-2-23(9-5-6-26(24,25)8-9)12-7-19-22-15(21-12)20-11-4-3-10(16)13(17)14(11)18/h3-4,7,9H,2,5-6,8H2,1H3,(H,20,21,22). The van der Waals surface area contributed by atoms with Gasteiger partial charge < -0.3 is 10.2 Å². The molecule has 7 nitrogen and oxygen atoms in total. The van der Waals surface area contributed by atoms with Gasteiger partial charge in [-0.25, -0.2) is 21.6 Å². The highest BCUT2D eigenvalue weighted by Gasteiger charge is 2.32. The minimum absolute atomic E-state index is 0.0193. The van der Waals surface area contributed by atoms with Gasteiger partial charge >= 0.3 is 0 Å². The molecule has 11 heteroatoms. The van der Waals surface area contributed by atoms with Crippen LogP contribution in [-0.2, 0) is 9.84 Å². The Hall–Kier alpha value is -2.43. The first kappa shape index (κ1) is 18.4. The Kier molecular flexibility index (Phi) is 4.99. The molecule has 3 rings (SSSR count). The van der Waals surface area contributed by atoms with Gasteiger partial charge in [-0.15, -0.1) is 5.10 Å². The first-order valence-corrected chi connectivity index (χ1v) is 9.70. The summed E-state index contributed by atoms with van der Waals surface area (Å²) in [6.07, 6.45) is 1.84. The number of halogens is 3. The van der Waals surface area contributed by atoms with E-state index in [1.165, 1.54) is 6.20 Å². The molecule has 0 spiro atoms. The Bertz CT molecular complexity index is 925. The molecule has 1 atom stereocenters. The van der Waals surface area contributed by atoms with Crippen molar-refractivity contribution in [3.05, 3.63) is 35.8 Å². The van der Waals surface area contributed by atoms with Crippen LogP contribution in [0.25, 0.3) is 0 Å². The maximum absolute atomic E-state index is 13.8. The normalized spacial score (nSPS) is 18.7. The molecule has 26 heavy (non-hydrogen) atoms. The monoisotopic (exact) mass is 387 g/mol. The molecular weight excluding hydrogens is 371 g/mol. The van der Waals surface area contributed by atoms with Gasteiger partial charge in [-0.2, -0.15) is 10.1 Å². The number of rotatable bonds is 5. The summed E-state index contributed by atoms with van der Waals surface area (Å²) in [5.41, 5.74) is -0.339. The third kappa shape index (κ3) is 3.71. The predicted molar refractivity (Wildman–Crippen MR) is 89.5 cm³/mol. The van der Waals surface area contributed by atoms with Crippen LogP contribution in [-0.4, -0.2) is 47.7 Å². The van der Waals surface area contributed by atoms with Crippen LogP contribution in [0.1, 0.15) is 13.3 Å². The fourth-order valence-electron chi connectivity index (χ4n) is 2.86. The van der Waals surface area contributed by atoms with E-state index < -0.39 is 27.3 Å². The number of hydrogen-bond donors (Lipinski definition) is 1. The number of nitrogens with zero attached hydrogens (tertiary/aromatic N) is 4. The van der Waals surface area contributed by atoms with Crippen molar-refractivity contribution in [2.45, 2.75) is 19.4 Å². The maximum Gasteiger partial charge on any atom is 0.249 e. The second-order valence-corrected chi connectivity index (χ2v) is 8.06. The summed E-state index contributed by atoms with van der Waals surface area (Å²) in [6.45, 7) is 2.33. The Morgan fingerprint density at radius 3 is 2.69 bits per heavy atom. The number of anilines is 3. The number of nitrogens with one attached hydrogen (secondary N) is 1. The molecule has 1 saturated heterocycles. The SMILES string of the molecule is CCN(c1cnnc(Nc2ccc(F)c(F)c2F)n1)C1CCS(=O)(=O)C1. The van der Waals surface area contributed by atoms with Gasteiger partial charge in [-0.05, 0) is 25.5 Å². The lowest BCUT2D eigenvalue weighted by Crippen LogP contribution is -2.37. The van der Waals surface area contributed by atoms with E-state index in [2.05, 4.69) is 20.5 Å². The van der Waals surface area contributed by atoms with Crippen molar-refractivity contribution in [2.24, 2.45) is 0 Å². The van der Waals surface area contributed by atoms with Gasteiger partial charge in [0.25, 0.3) is 0 Å². The maximum atomic E-state index is 13.8. The molecule has 2 heterocycles. The first-order chi connectivity index (χ1) is 12.3. The van der Waals surface area contributed by atoms with Crippen LogP contribution in [0.4, 0.5) is 30.6 Å². The van der Waals surface area contributed by atoms with Crippen molar-refractivity contribution in [2.75, 3.05) is 28.3 Å². The highest BCUT2D eigenvalue weighted by atomic mass is 32.2. The summed E-state index contributed by atoms with van der Waals surface area (Å²) in [7, 11) is -3.08. The predicted octanol–water partition coefficient (Wildman–Crippen LogP) is 2.05. The van der Waals surface area contributed by atoms with Gasteiger partial charge in [-0.1, -0.05) is 0 Å². The second-order valence-electron chi connectivity index (χ2n) is 5.83. The number of sulfone groups is 1.